The number of nitrogens with zero attached hydrogens (tertiary/aromatic N) is 2. The predicted octanol–water partition coefficient (Wildman–Crippen LogP) is 6.21. The molecule has 6 rings (SSSR count). The summed E-state index contributed by atoms with van der Waals surface area (Å²) in [5, 5.41) is 17.5. The van der Waals surface area contributed by atoms with Crippen LogP contribution in [0.3, 0.4) is 0 Å². The second-order valence-electron chi connectivity index (χ2n) is 13.0. The lowest BCUT2D eigenvalue weighted by Crippen LogP contribution is -2.46. The number of likely N-dealkylation sites (tertiary alicyclic amines) is 2. The summed E-state index contributed by atoms with van der Waals surface area (Å²) in [6.45, 7) is 5.18. The molecule has 240 valence electrons. The third-order valence-corrected chi connectivity index (χ3v) is 9.86. The summed E-state index contributed by atoms with van der Waals surface area (Å²) in [5.41, 5.74) is 2.31. The number of piperidine rings is 2. The first-order valence-corrected chi connectivity index (χ1v) is 17.4. The zero-order valence-corrected chi connectivity index (χ0v) is 26.7. The first-order valence-electron chi connectivity index (χ1n) is 17.4. The smallest absolute Gasteiger partial charge is 0.119 e. The van der Waals surface area contributed by atoms with Crippen LogP contribution in [0.5, 0.6) is 11.5 Å². The molecule has 2 heterocycles. The van der Waals surface area contributed by atoms with Gasteiger partial charge in [-0.1, -0.05) is 36.8 Å². The van der Waals surface area contributed by atoms with Gasteiger partial charge in [-0.2, -0.15) is 0 Å². The van der Waals surface area contributed by atoms with Crippen molar-refractivity contribution >= 4 is 0 Å². The first-order chi connectivity index (χ1) is 21.7. The van der Waals surface area contributed by atoms with Gasteiger partial charge in [0.05, 0.1) is 6.61 Å². The highest BCUT2D eigenvalue weighted by Gasteiger charge is 2.30. The van der Waals surface area contributed by atoms with Gasteiger partial charge >= 0.3 is 0 Å². The average Bonchev–Trinajstić information content (AvgIpc) is 3.00. The van der Waals surface area contributed by atoms with E-state index in [1.165, 1.54) is 70.3 Å². The zero-order chi connectivity index (χ0) is 30.4. The molecule has 2 aromatic carbocycles. The zero-order valence-electron chi connectivity index (χ0n) is 26.7. The van der Waals surface area contributed by atoms with Crippen LogP contribution in [0.25, 0.3) is 0 Å². The Labute approximate surface area is 265 Å². The molecule has 0 bridgehead atoms. The van der Waals surface area contributed by atoms with Gasteiger partial charge in [0.2, 0.25) is 0 Å². The molecule has 2 N–H and O–H groups in total. The Hall–Kier alpha value is -2.56. The van der Waals surface area contributed by atoms with Crippen molar-refractivity contribution in [3.8, 4) is 23.3 Å². The van der Waals surface area contributed by atoms with Crippen LogP contribution in [-0.2, 0) is 6.42 Å². The third kappa shape index (κ3) is 10.2. The van der Waals surface area contributed by atoms with Crippen molar-refractivity contribution in [2.24, 2.45) is 0 Å². The lowest BCUT2D eigenvalue weighted by atomic mass is 9.90. The molecular weight excluding hydrogens is 548 g/mol. The highest BCUT2D eigenvalue weighted by Crippen LogP contribution is 2.30. The van der Waals surface area contributed by atoms with Crippen LogP contribution in [0.1, 0.15) is 94.6 Å². The Morgan fingerprint density at radius 3 is 1.55 bits per heavy atom. The number of ether oxygens (including phenoxy) is 2. The van der Waals surface area contributed by atoms with E-state index < -0.39 is 0 Å². The Bertz CT molecular complexity index is 1130. The fraction of sp³-hybridized carbons (Fsp3) is 0.632. The maximum atomic E-state index is 8.82. The quantitative estimate of drug-likeness (QED) is 0.235. The Kier molecular flexibility index (Phi) is 13.3. The van der Waals surface area contributed by atoms with Crippen molar-refractivity contribution < 1.29 is 19.7 Å². The Balaban J connectivity index is 0.000000175. The fourth-order valence-electron chi connectivity index (χ4n) is 6.62. The molecule has 0 unspecified atom stereocenters. The number of unbranched alkanes of at least 4 members (excludes halogenated alkanes) is 1. The average molecular weight is 603 g/mol. The SMILES string of the molecule is OCCC#Cc1ccc(OC2CCN(C3CCC3)CC2)cc1.OCCCCc1ccc(OC2CCN(C3CCC3)CC2)cc1. The summed E-state index contributed by atoms with van der Waals surface area (Å²) in [5.74, 6) is 7.91. The molecule has 0 atom stereocenters. The van der Waals surface area contributed by atoms with E-state index in [4.69, 9.17) is 19.7 Å². The van der Waals surface area contributed by atoms with Gasteiger partial charge in [-0.15, -0.1) is 0 Å². The van der Waals surface area contributed by atoms with Crippen LogP contribution < -0.4 is 9.47 Å². The van der Waals surface area contributed by atoms with Crippen molar-refractivity contribution in [2.75, 3.05) is 39.4 Å². The summed E-state index contributed by atoms with van der Waals surface area (Å²) in [4.78, 5) is 5.30. The van der Waals surface area contributed by atoms with Crippen LogP contribution in [0.4, 0.5) is 0 Å². The molecule has 0 amide bonds. The van der Waals surface area contributed by atoms with E-state index in [9.17, 15) is 0 Å². The summed E-state index contributed by atoms with van der Waals surface area (Å²) in [7, 11) is 0. The van der Waals surface area contributed by atoms with E-state index in [-0.39, 0.29) is 6.61 Å². The molecule has 0 aromatic heterocycles. The normalized spacial score (nSPS) is 20.4. The molecular formula is C38H54N2O4. The second-order valence-corrected chi connectivity index (χ2v) is 13.0. The topological polar surface area (TPSA) is 65.4 Å². The Morgan fingerprint density at radius 2 is 1.11 bits per heavy atom. The van der Waals surface area contributed by atoms with E-state index in [0.29, 0.717) is 25.2 Å². The number of hydrogen-bond acceptors (Lipinski definition) is 6. The number of aliphatic hydroxyl groups excluding tert-OH is 2. The molecule has 2 aromatic rings. The van der Waals surface area contributed by atoms with Crippen LogP contribution in [0.15, 0.2) is 48.5 Å². The number of benzene rings is 2. The van der Waals surface area contributed by atoms with E-state index in [2.05, 4.69) is 45.9 Å². The van der Waals surface area contributed by atoms with Gasteiger partial charge in [-0.05, 0) is 113 Å². The summed E-state index contributed by atoms with van der Waals surface area (Å²) in [6, 6.07) is 18.2. The Morgan fingerprint density at radius 1 is 0.614 bits per heavy atom. The van der Waals surface area contributed by atoms with Gasteiger partial charge in [0, 0.05) is 56.9 Å². The lowest BCUT2D eigenvalue weighted by Gasteiger charge is -2.41. The van der Waals surface area contributed by atoms with Gasteiger partial charge in [0.1, 0.15) is 23.7 Å². The fourth-order valence-corrected chi connectivity index (χ4v) is 6.62. The minimum absolute atomic E-state index is 0.119. The van der Waals surface area contributed by atoms with Gasteiger partial charge < -0.3 is 29.5 Å². The highest BCUT2D eigenvalue weighted by molar-refractivity contribution is 5.38. The molecule has 44 heavy (non-hydrogen) atoms. The van der Waals surface area contributed by atoms with Gasteiger partial charge in [0.15, 0.2) is 0 Å². The van der Waals surface area contributed by atoms with Crippen molar-refractivity contribution in [2.45, 2.75) is 114 Å². The van der Waals surface area contributed by atoms with E-state index >= 15 is 0 Å². The van der Waals surface area contributed by atoms with Gasteiger partial charge in [0.25, 0.3) is 0 Å². The standard InChI is InChI=1S/C19H29NO2.C19H25NO2/c2*21-15-2-1-4-16-7-9-18(10-8-16)22-19-11-13-20(14-12-19)17-5-3-6-17/h7-10,17,19,21H,1-6,11-15H2;7-10,17,19,21H,2-3,5-6,11-15H2. The van der Waals surface area contributed by atoms with Gasteiger partial charge in [-0.25, -0.2) is 0 Å². The second kappa shape index (κ2) is 17.8. The highest BCUT2D eigenvalue weighted by atomic mass is 16.5. The summed E-state index contributed by atoms with van der Waals surface area (Å²) < 4.78 is 12.2. The third-order valence-electron chi connectivity index (χ3n) is 9.86. The minimum Gasteiger partial charge on any atom is -0.490 e. The lowest BCUT2D eigenvalue weighted by molar-refractivity contribution is 0.0492. The maximum absolute atomic E-state index is 8.82. The minimum atomic E-state index is 0.119. The summed E-state index contributed by atoms with van der Waals surface area (Å²) >= 11 is 0. The molecule has 2 aliphatic carbocycles. The van der Waals surface area contributed by atoms with Crippen LogP contribution >= 0.6 is 0 Å². The van der Waals surface area contributed by atoms with Crippen LogP contribution in [0.2, 0.25) is 0 Å². The largest absolute Gasteiger partial charge is 0.490 e. The van der Waals surface area contributed by atoms with Gasteiger partial charge in [-0.3, -0.25) is 0 Å². The first kappa shape index (κ1) is 32.8. The van der Waals surface area contributed by atoms with Crippen LogP contribution in [-0.4, -0.2) is 83.7 Å². The number of rotatable bonds is 11. The molecule has 2 saturated heterocycles. The van der Waals surface area contributed by atoms with Crippen molar-refractivity contribution in [3.05, 3.63) is 59.7 Å². The predicted molar refractivity (Wildman–Crippen MR) is 177 cm³/mol. The number of aryl methyl sites for hydroxylation is 1. The molecule has 2 aliphatic heterocycles. The van der Waals surface area contributed by atoms with E-state index in [1.54, 1.807) is 0 Å². The van der Waals surface area contributed by atoms with E-state index in [1.807, 2.05) is 24.3 Å². The molecule has 6 nitrogen and oxygen atoms in total. The monoisotopic (exact) mass is 602 g/mol. The molecule has 4 fully saturated rings. The molecule has 2 saturated carbocycles. The maximum Gasteiger partial charge on any atom is 0.119 e. The van der Waals surface area contributed by atoms with Crippen molar-refractivity contribution in [1.82, 2.24) is 9.80 Å². The molecule has 0 spiro atoms. The van der Waals surface area contributed by atoms with Crippen LogP contribution in [0, 0.1) is 11.8 Å². The molecule has 6 heteroatoms. The number of aliphatic hydroxyl groups is 2. The molecule has 4 aliphatic rings. The summed E-state index contributed by atoms with van der Waals surface area (Å²) in [6.07, 6.45) is 17.3. The molecule has 0 radical (unpaired) electrons. The van der Waals surface area contributed by atoms with Crippen molar-refractivity contribution in [1.29, 1.82) is 0 Å². The van der Waals surface area contributed by atoms with Crippen molar-refractivity contribution in [3.63, 3.8) is 0 Å². The van der Waals surface area contributed by atoms with E-state index in [0.717, 1.165) is 74.1 Å². The number of hydrogen-bond donors (Lipinski definition) is 2.